The van der Waals surface area contributed by atoms with E-state index < -0.39 is 19.9 Å². The Balaban J connectivity index is 2.00. The Morgan fingerprint density at radius 1 is 0.840 bits per heavy atom. The lowest BCUT2D eigenvalue weighted by Crippen LogP contribution is -2.40. The maximum atomic E-state index is 12.7. The number of nitrogens with zero attached hydrogens (tertiary/aromatic N) is 1. The van der Waals surface area contributed by atoms with Gasteiger partial charge < -0.3 is 4.74 Å². The summed E-state index contributed by atoms with van der Waals surface area (Å²) in [6.07, 6.45) is 0. The first kappa shape index (κ1) is 18.3. The molecule has 134 valence electrons. The Bertz CT molecular complexity index is 966. The summed E-state index contributed by atoms with van der Waals surface area (Å²) in [5, 5.41) is 0.419. The van der Waals surface area contributed by atoms with Gasteiger partial charge in [-0.15, -0.1) is 0 Å². The number of morpholine rings is 1. The van der Waals surface area contributed by atoms with E-state index >= 15 is 0 Å². The quantitative estimate of drug-likeness (QED) is 0.784. The fraction of sp³-hybridized carbons (Fsp3) is 0.250. The highest BCUT2D eigenvalue weighted by molar-refractivity contribution is 7.91. The molecule has 9 heteroatoms. The van der Waals surface area contributed by atoms with Gasteiger partial charge in [-0.2, -0.15) is 4.31 Å². The fourth-order valence-corrected chi connectivity index (χ4v) is 5.45. The van der Waals surface area contributed by atoms with Crippen molar-refractivity contribution >= 4 is 31.5 Å². The van der Waals surface area contributed by atoms with Crippen molar-refractivity contribution in [3.8, 4) is 0 Å². The van der Waals surface area contributed by atoms with Crippen molar-refractivity contribution in [1.82, 2.24) is 4.31 Å². The zero-order chi connectivity index (χ0) is 18.1. The second-order valence-electron chi connectivity index (χ2n) is 5.45. The Morgan fingerprint density at radius 3 is 2.08 bits per heavy atom. The maximum absolute atomic E-state index is 12.7. The number of ether oxygens (including phenoxy) is 1. The molecule has 25 heavy (non-hydrogen) atoms. The van der Waals surface area contributed by atoms with Gasteiger partial charge in [0.1, 0.15) is 0 Å². The van der Waals surface area contributed by atoms with Crippen molar-refractivity contribution in [2.24, 2.45) is 0 Å². The smallest absolute Gasteiger partial charge is 0.243 e. The van der Waals surface area contributed by atoms with Crippen molar-refractivity contribution in [2.75, 3.05) is 26.3 Å². The van der Waals surface area contributed by atoms with Gasteiger partial charge in [-0.05, 0) is 42.5 Å². The number of halogens is 1. The van der Waals surface area contributed by atoms with Crippen LogP contribution in [0.2, 0.25) is 5.02 Å². The molecule has 0 radical (unpaired) electrons. The third kappa shape index (κ3) is 3.73. The van der Waals surface area contributed by atoms with Gasteiger partial charge in [-0.1, -0.05) is 17.7 Å². The van der Waals surface area contributed by atoms with Crippen molar-refractivity contribution < 1.29 is 21.6 Å². The zero-order valence-corrected chi connectivity index (χ0v) is 15.5. The van der Waals surface area contributed by atoms with Crippen LogP contribution in [0.25, 0.3) is 0 Å². The molecule has 0 atom stereocenters. The van der Waals surface area contributed by atoms with E-state index in [1.807, 2.05) is 0 Å². The molecule has 0 bridgehead atoms. The van der Waals surface area contributed by atoms with Gasteiger partial charge in [0.2, 0.25) is 19.9 Å². The number of hydrogen-bond donors (Lipinski definition) is 0. The number of benzene rings is 2. The number of hydrogen-bond acceptors (Lipinski definition) is 5. The minimum Gasteiger partial charge on any atom is -0.379 e. The summed E-state index contributed by atoms with van der Waals surface area (Å²) in [5.74, 6) is 0. The number of rotatable bonds is 4. The standard InChI is InChI=1S/C16H16ClNO5S2/c17-13-4-6-14(7-5-13)24(19,20)15-2-1-3-16(12-15)25(21,22)18-8-10-23-11-9-18/h1-7,12H,8-11H2. The van der Waals surface area contributed by atoms with Gasteiger partial charge in [0.25, 0.3) is 0 Å². The van der Waals surface area contributed by atoms with Crippen LogP contribution in [0.15, 0.2) is 63.2 Å². The highest BCUT2D eigenvalue weighted by Gasteiger charge is 2.28. The van der Waals surface area contributed by atoms with Crippen molar-refractivity contribution in [3.05, 3.63) is 53.6 Å². The molecule has 0 saturated carbocycles. The van der Waals surface area contributed by atoms with E-state index in [9.17, 15) is 16.8 Å². The summed E-state index contributed by atoms with van der Waals surface area (Å²) in [5.41, 5.74) is 0. The monoisotopic (exact) mass is 401 g/mol. The van der Waals surface area contributed by atoms with Crippen LogP contribution in [0.4, 0.5) is 0 Å². The van der Waals surface area contributed by atoms with E-state index in [4.69, 9.17) is 16.3 Å². The van der Waals surface area contributed by atoms with E-state index in [0.29, 0.717) is 18.2 Å². The topological polar surface area (TPSA) is 80.8 Å². The number of sulfonamides is 1. The van der Waals surface area contributed by atoms with Gasteiger partial charge in [0.15, 0.2) is 0 Å². The Kier molecular flexibility index (Phi) is 5.17. The van der Waals surface area contributed by atoms with Gasteiger partial charge >= 0.3 is 0 Å². The first-order valence-corrected chi connectivity index (χ1v) is 10.8. The van der Waals surface area contributed by atoms with Crippen LogP contribution in [0.5, 0.6) is 0 Å². The predicted molar refractivity (Wildman–Crippen MR) is 92.9 cm³/mol. The molecule has 0 unspecified atom stereocenters. The van der Waals surface area contributed by atoms with E-state index in [1.165, 1.54) is 52.8 Å². The average Bonchev–Trinajstić information content (AvgIpc) is 2.63. The molecule has 0 aromatic heterocycles. The summed E-state index contributed by atoms with van der Waals surface area (Å²) in [6.45, 7) is 1.14. The second-order valence-corrected chi connectivity index (χ2v) is 9.77. The van der Waals surface area contributed by atoms with E-state index in [0.717, 1.165) is 0 Å². The Morgan fingerprint density at radius 2 is 1.44 bits per heavy atom. The molecule has 1 aliphatic rings. The van der Waals surface area contributed by atoms with Gasteiger partial charge in [0, 0.05) is 18.1 Å². The zero-order valence-electron chi connectivity index (χ0n) is 13.1. The molecular weight excluding hydrogens is 386 g/mol. The maximum Gasteiger partial charge on any atom is 0.243 e. The third-order valence-corrected chi connectivity index (χ3v) is 7.76. The molecule has 1 fully saturated rings. The normalized spacial score (nSPS) is 16.7. The molecule has 2 aromatic rings. The minimum absolute atomic E-state index is 0.0514. The van der Waals surface area contributed by atoms with Crippen LogP contribution in [-0.2, 0) is 24.6 Å². The summed E-state index contributed by atoms with van der Waals surface area (Å²) in [4.78, 5) is -0.0774. The lowest BCUT2D eigenvalue weighted by molar-refractivity contribution is 0.0730. The molecule has 1 saturated heterocycles. The highest BCUT2D eigenvalue weighted by atomic mass is 35.5. The average molecular weight is 402 g/mol. The second kappa shape index (κ2) is 7.05. The largest absolute Gasteiger partial charge is 0.379 e. The summed E-state index contributed by atoms with van der Waals surface area (Å²) < 4.78 is 57.3. The summed E-state index contributed by atoms with van der Waals surface area (Å²) >= 11 is 5.79. The van der Waals surface area contributed by atoms with Crippen LogP contribution in [0.3, 0.4) is 0 Å². The SMILES string of the molecule is O=S(=O)(c1ccc(Cl)cc1)c1cccc(S(=O)(=O)N2CCOCC2)c1. The van der Waals surface area contributed by atoms with Gasteiger partial charge in [-0.25, -0.2) is 16.8 Å². The first-order chi connectivity index (χ1) is 11.8. The van der Waals surface area contributed by atoms with Crippen LogP contribution in [-0.4, -0.2) is 47.4 Å². The highest BCUT2D eigenvalue weighted by Crippen LogP contribution is 2.26. The summed E-state index contributed by atoms with van der Waals surface area (Å²) in [6, 6.07) is 11.1. The van der Waals surface area contributed by atoms with Crippen molar-refractivity contribution in [3.63, 3.8) is 0 Å². The lowest BCUT2D eigenvalue weighted by atomic mass is 10.4. The number of sulfone groups is 1. The van der Waals surface area contributed by atoms with Crippen LogP contribution in [0.1, 0.15) is 0 Å². The fourth-order valence-electron chi connectivity index (χ4n) is 2.49. The van der Waals surface area contributed by atoms with Gasteiger partial charge in [-0.3, -0.25) is 0 Å². The van der Waals surface area contributed by atoms with E-state index in [1.54, 1.807) is 0 Å². The third-order valence-electron chi connectivity index (χ3n) is 3.85. The van der Waals surface area contributed by atoms with Crippen LogP contribution < -0.4 is 0 Å². The lowest BCUT2D eigenvalue weighted by Gasteiger charge is -2.26. The molecule has 0 aliphatic carbocycles. The summed E-state index contributed by atoms with van der Waals surface area (Å²) in [7, 11) is -7.60. The molecule has 0 spiro atoms. The molecule has 0 N–H and O–H groups in total. The Labute approximate surface area is 152 Å². The minimum atomic E-state index is -3.84. The predicted octanol–water partition coefficient (Wildman–Crippen LogP) is 2.19. The Hall–Kier alpha value is -1.45. The molecule has 6 nitrogen and oxygen atoms in total. The molecule has 1 heterocycles. The first-order valence-electron chi connectivity index (χ1n) is 7.50. The van der Waals surface area contributed by atoms with E-state index in [-0.39, 0.29) is 27.8 Å². The van der Waals surface area contributed by atoms with Crippen molar-refractivity contribution in [1.29, 1.82) is 0 Å². The molecule has 3 rings (SSSR count). The molecule has 0 amide bonds. The van der Waals surface area contributed by atoms with Crippen LogP contribution >= 0.6 is 11.6 Å². The van der Waals surface area contributed by atoms with Crippen molar-refractivity contribution in [2.45, 2.75) is 14.7 Å². The molecule has 1 aliphatic heterocycles. The van der Waals surface area contributed by atoms with Gasteiger partial charge in [0.05, 0.1) is 27.9 Å². The molecule has 2 aromatic carbocycles. The molecular formula is C16H16ClNO5S2. The van der Waals surface area contributed by atoms with E-state index in [2.05, 4.69) is 0 Å². The van der Waals surface area contributed by atoms with Crippen LogP contribution in [0, 0.1) is 0 Å².